The molecule has 2 heterocycles. The molecule has 0 atom stereocenters. The minimum absolute atomic E-state index is 0.965. The van der Waals surface area contributed by atoms with E-state index in [4.69, 9.17) is 4.98 Å². The molecule has 1 aromatic heterocycles. The van der Waals surface area contributed by atoms with Crippen LogP contribution in [0.4, 0.5) is 0 Å². The maximum Gasteiger partial charge on any atom is 0.106 e. The van der Waals surface area contributed by atoms with Gasteiger partial charge in [0.2, 0.25) is 0 Å². The van der Waals surface area contributed by atoms with Crippen LogP contribution in [0, 0.1) is 12.8 Å². The Morgan fingerprint density at radius 2 is 2.18 bits per heavy atom. The van der Waals surface area contributed by atoms with E-state index in [9.17, 15) is 0 Å². The van der Waals surface area contributed by atoms with E-state index >= 15 is 0 Å². The van der Waals surface area contributed by atoms with Gasteiger partial charge in [-0.2, -0.15) is 0 Å². The molecule has 0 unspecified atom stereocenters. The monoisotopic (exact) mass is 233 g/mol. The van der Waals surface area contributed by atoms with Gasteiger partial charge in [-0.15, -0.1) is 0 Å². The van der Waals surface area contributed by atoms with Gasteiger partial charge in [-0.05, 0) is 19.3 Å². The second kappa shape index (κ2) is 4.81. The Balaban J connectivity index is 1.71. The van der Waals surface area contributed by atoms with Crippen LogP contribution >= 0.6 is 0 Å². The molecule has 0 bridgehead atoms. The summed E-state index contributed by atoms with van der Waals surface area (Å²) in [5, 5.41) is 3.40. The fourth-order valence-electron chi connectivity index (χ4n) is 3.41. The van der Waals surface area contributed by atoms with Gasteiger partial charge in [0, 0.05) is 31.7 Å². The zero-order valence-corrected chi connectivity index (χ0v) is 10.8. The molecule has 0 radical (unpaired) electrons. The van der Waals surface area contributed by atoms with Crippen LogP contribution in [0.3, 0.4) is 0 Å². The average molecular weight is 233 g/mol. The first-order valence-electron chi connectivity index (χ1n) is 7.10. The second-order valence-corrected chi connectivity index (χ2v) is 5.57. The van der Waals surface area contributed by atoms with Crippen molar-refractivity contribution in [2.45, 2.75) is 58.5 Å². The molecule has 1 fully saturated rings. The summed E-state index contributed by atoms with van der Waals surface area (Å²) in [4.78, 5) is 4.70. The van der Waals surface area contributed by atoms with Crippen molar-refractivity contribution in [3.63, 3.8) is 0 Å². The van der Waals surface area contributed by atoms with E-state index < -0.39 is 0 Å². The summed E-state index contributed by atoms with van der Waals surface area (Å²) in [6.07, 6.45) is 8.33. The van der Waals surface area contributed by atoms with E-state index in [1.807, 2.05) is 0 Å². The first-order chi connectivity index (χ1) is 8.34. The highest BCUT2D eigenvalue weighted by atomic mass is 15.1. The van der Waals surface area contributed by atoms with E-state index in [0.29, 0.717) is 0 Å². The minimum atomic E-state index is 0.965. The SMILES string of the molecule is Cc1nc2c(n1CCC1CCCC1)CCNC2. The molecule has 2 aliphatic rings. The second-order valence-electron chi connectivity index (χ2n) is 5.57. The van der Waals surface area contributed by atoms with Crippen LogP contribution in [0.25, 0.3) is 0 Å². The van der Waals surface area contributed by atoms with Gasteiger partial charge in [-0.1, -0.05) is 25.7 Å². The number of fused-ring (bicyclic) bond motifs is 1. The molecule has 1 aliphatic heterocycles. The Hall–Kier alpha value is -0.830. The molecule has 1 saturated carbocycles. The van der Waals surface area contributed by atoms with Crippen molar-refractivity contribution in [2.75, 3.05) is 6.54 Å². The Morgan fingerprint density at radius 1 is 1.35 bits per heavy atom. The van der Waals surface area contributed by atoms with Gasteiger partial charge in [0.05, 0.1) is 5.69 Å². The number of rotatable bonds is 3. The lowest BCUT2D eigenvalue weighted by Crippen LogP contribution is -2.25. The van der Waals surface area contributed by atoms with Crippen molar-refractivity contribution in [1.82, 2.24) is 14.9 Å². The lowest BCUT2D eigenvalue weighted by Gasteiger charge is -2.17. The van der Waals surface area contributed by atoms with Crippen LogP contribution in [0.1, 0.15) is 49.3 Å². The summed E-state index contributed by atoms with van der Waals surface area (Å²) in [5.41, 5.74) is 2.79. The van der Waals surface area contributed by atoms with Crippen molar-refractivity contribution in [3.05, 3.63) is 17.2 Å². The van der Waals surface area contributed by atoms with Crippen molar-refractivity contribution >= 4 is 0 Å². The molecule has 0 aromatic carbocycles. The quantitative estimate of drug-likeness (QED) is 0.869. The number of nitrogens with zero attached hydrogens (tertiary/aromatic N) is 2. The van der Waals surface area contributed by atoms with Gasteiger partial charge in [0.25, 0.3) is 0 Å². The van der Waals surface area contributed by atoms with Crippen molar-refractivity contribution < 1.29 is 0 Å². The van der Waals surface area contributed by atoms with Crippen molar-refractivity contribution in [1.29, 1.82) is 0 Å². The van der Waals surface area contributed by atoms with E-state index in [0.717, 1.165) is 25.4 Å². The van der Waals surface area contributed by atoms with Crippen molar-refractivity contribution in [2.24, 2.45) is 5.92 Å². The lowest BCUT2D eigenvalue weighted by molar-refractivity contribution is 0.445. The van der Waals surface area contributed by atoms with E-state index in [1.54, 1.807) is 0 Å². The third-order valence-electron chi connectivity index (χ3n) is 4.41. The van der Waals surface area contributed by atoms with Gasteiger partial charge in [-0.25, -0.2) is 4.98 Å². The maximum atomic E-state index is 4.70. The van der Waals surface area contributed by atoms with Crippen LogP contribution < -0.4 is 5.32 Å². The zero-order chi connectivity index (χ0) is 11.7. The molecule has 1 N–H and O–H groups in total. The van der Waals surface area contributed by atoms with E-state index in [1.165, 1.54) is 55.9 Å². The van der Waals surface area contributed by atoms with Gasteiger partial charge < -0.3 is 9.88 Å². The predicted molar refractivity (Wildman–Crippen MR) is 68.9 cm³/mol. The number of nitrogens with one attached hydrogen (secondary N) is 1. The van der Waals surface area contributed by atoms with Gasteiger partial charge in [-0.3, -0.25) is 0 Å². The Labute approximate surface area is 104 Å². The van der Waals surface area contributed by atoms with E-state index in [2.05, 4.69) is 16.8 Å². The molecule has 0 amide bonds. The summed E-state index contributed by atoms with van der Waals surface area (Å²) in [6, 6.07) is 0. The molecule has 3 rings (SSSR count). The molecular weight excluding hydrogens is 210 g/mol. The summed E-state index contributed by atoms with van der Waals surface area (Å²) >= 11 is 0. The molecule has 3 nitrogen and oxygen atoms in total. The summed E-state index contributed by atoms with van der Waals surface area (Å²) in [6.45, 7) is 5.43. The molecule has 1 aromatic rings. The Bertz CT molecular complexity index is 388. The molecule has 0 saturated heterocycles. The summed E-state index contributed by atoms with van der Waals surface area (Å²) in [5.74, 6) is 2.20. The van der Waals surface area contributed by atoms with Gasteiger partial charge >= 0.3 is 0 Å². The zero-order valence-electron chi connectivity index (χ0n) is 10.8. The topological polar surface area (TPSA) is 29.9 Å². The maximum absolute atomic E-state index is 4.70. The van der Waals surface area contributed by atoms with Crippen LogP contribution in [-0.2, 0) is 19.5 Å². The predicted octanol–water partition coefficient (Wildman–Crippen LogP) is 2.42. The van der Waals surface area contributed by atoms with Crippen molar-refractivity contribution in [3.8, 4) is 0 Å². The summed E-state index contributed by atoms with van der Waals surface area (Å²) < 4.78 is 2.48. The Kier molecular flexibility index (Phi) is 3.19. The van der Waals surface area contributed by atoms with Crippen LogP contribution in [-0.4, -0.2) is 16.1 Å². The third kappa shape index (κ3) is 2.25. The molecule has 1 aliphatic carbocycles. The smallest absolute Gasteiger partial charge is 0.106 e. The van der Waals surface area contributed by atoms with Crippen LogP contribution in [0.2, 0.25) is 0 Å². The van der Waals surface area contributed by atoms with E-state index in [-0.39, 0.29) is 0 Å². The normalized spacial score (nSPS) is 20.8. The highest BCUT2D eigenvalue weighted by Crippen LogP contribution is 2.28. The molecule has 94 valence electrons. The largest absolute Gasteiger partial charge is 0.332 e. The number of hydrogen-bond donors (Lipinski definition) is 1. The standard InChI is InChI=1S/C14H23N3/c1-11-16-13-10-15-8-6-14(13)17(11)9-7-12-4-2-3-5-12/h12,15H,2-10H2,1H3. The molecule has 17 heavy (non-hydrogen) atoms. The third-order valence-corrected chi connectivity index (χ3v) is 4.41. The lowest BCUT2D eigenvalue weighted by atomic mass is 10.0. The molecular formula is C14H23N3. The number of hydrogen-bond acceptors (Lipinski definition) is 2. The minimum Gasteiger partial charge on any atom is -0.332 e. The highest BCUT2D eigenvalue weighted by molar-refractivity contribution is 5.19. The Morgan fingerprint density at radius 3 is 3.00 bits per heavy atom. The first-order valence-corrected chi connectivity index (χ1v) is 7.10. The molecule has 3 heteroatoms. The molecule has 0 spiro atoms. The van der Waals surface area contributed by atoms with Crippen LogP contribution in [0.5, 0.6) is 0 Å². The van der Waals surface area contributed by atoms with Gasteiger partial charge in [0.15, 0.2) is 0 Å². The number of imidazole rings is 1. The summed E-state index contributed by atoms with van der Waals surface area (Å²) in [7, 11) is 0. The van der Waals surface area contributed by atoms with Gasteiger partial charge in [0.1, 0.15) is 5.82 Å². The number of aromatic nitrogens is 2. The first kappa shape index (κ1) is 11.3. The highest BCUT2D eigenvalue weighted by Gasteiger charge is 2.19. The fraction of sp³-hybridized carbons (Fsp3) is 0.786. The average Bonchev–Trinajstić information content (AvgIpc) is 2.93. The van der Waals surface area contributed by atoms with Crippen LogP contribution in [0.15, 0.2) is 0 Å². The fourth-order valence-corrected chi connectivity index (χ4v) is 3.41. The number of aryl methyl sites for hydroxylation is 1.